The van der Waals surface area contributed by atoms with E-state index in [4.69, 9.17) is 4.42 Å². The lowest BCUT2D eigenvalue weighted by Gasteiger charge is -2.24. The summed E-state index contributed by atoms with van der Waals surface area (Å²) in [7, 11) is 1.95. The molecule has 1 aromatic carbocycles. The van der Waals surface area contributed by atoms with E-state index < -0.39 is 5.63 Å². The first-order chi connectivity index (χ1) is 11.0. The molecule has 1 aliphatic heterocycles. The van der Waals surface area contributed by atoms with E-state index in [2.05, 4.69) is 15.4 Å². The Balaban J connectivity index is 2.20. The summed E-state index contributed by atoms with van der Waals surface area (Å²) >= 11 is 0. The van der Waals surface area contributed by atoms with Crippen LogP contribution in [-0.4, -0.2) is 35.7 Å². The van der Waals surface area contributed by atoms with Gasteiger partial charge in [0, 0.05) is 25.4 Å². The molecule has 3 rings (SSSR count). The highest BCUT2D eigenvalue weighted by Crippen LogP contribution is 2.30. The topological polar surface area (TPSA) is 95.1 Å². The number of rotatable bonds is 2. The van der Waals surface area contributed by atoms with Crippen molar-refractivity contribution in [2.75, 3.05) is 13.6 Å². The summed E-state index contributed by atoms with van der Waals surface area (Å²) in [6.07, 6.45) is 2.02. The van der Waals surface area contributed by atoms with E-state index >= 15 is 0 Å². The number of phenols is 1. The highest BCUT2D eigenvalue weighted by molar-refractivity contribution is 6.00. The molecule has 2 aromatic rings. The molecule has 120 valence electrons. The Morgan fingerprint density at radius 2 is 2.22 bits per heavy atom. The molecule has 1 aromatic heterocycles. The Kier molecular flexibility index (Phi) is 3.87. The van der Waals surface area contributed by atoms with Gasteiger partial charge >= 0.3 is 5.63 Å². The summed E-state index contributed by atoms with van der Waals surface area (Å²) in [5.74, 6) is -0.398. The summed E-state index contributed by atoms with van der Waals surface area (Å²) in [5.41, 5.74) is 4.02. The van der Waals surface area contributed by atoms with Crippen LogP contribution < -0.4 is 11.1 Å². The van der Waals surface area contributed by atoms with Crippen LogP contribution in [-0.2, 0) is 17.8 Å². The number of nitrogens with one attached hydrogen (secondary N) is 1. The van der Waals surface area contributed by atoms with Gasteiger partial charge in [-0.3, -0.25) is 4.79 Å². The third kappa shape index (κ3) is 2.83. The van der Waals surface area contributed by atoms with Crippen molar-refractivity contribution in [1.82, 2.24) is 10.3 Å². The smallest absolute Gasteiger partial charge is 0.341 e. The van der Waals surface area contributed by atoms with Gasteiger partial charge in [-0.1, -0.05) is 0 Å². The second kappa shape index (κ2) is 5.85. The highest BCUT2D eigenvalue weighted by atomic mass is 16.4. The summed E-state index contributed by atoms with van der Waals surface area (Å²) in [6.45, 7) is 2.72. The van der Waals surface area contributed by atoms with E-state index in [0.717, 1.165) is 23.9 Å². The highest BCUT2D eigenvalue weighted by Gasteiger charge is 2.22. The minimum Gasteiger partial charge on any atom is -0.507 e. The first kappa shape index (κ1) is 15.2. The Bertz CT molecular complexity index is 870. The fraction of sp³-hybridized carbons (Fsp3) is 0.312. The largest absolute Gasteiger partial charge is 0.507 e. The van der Waals surface area contributed by atoms with Gasteiger partial charge in [0.1, 0.15) is 5.75 Å². The molecule has 0 aliphatic carbocycles. The van der Waals surface area contributed by atoms with Crippen LogP contribution in [0.15, 0.2) is 26.4 Å². The number of likely N-dealkylation sites (N-methyl/N-ethyl adjacent to an activating group) is 1. The number of fused-ring (bicyclic) bond motifs is 3. The number of carbonyl (C=O) groups is 1. The van der Waals surface area contributed by atoms with E-state index in [1.54, 1.807) is 6.07 Å². The molecule has 0 unspecified atom stereocenters. The van der Waals surface area contributed by atoms with Gasteiger partial charge in [-0.15, -0.1) is 0 Å². The van der Waals surface area contributed by atoms with Gasteiger partial charge in [0.2, 0.25) is 5.91 Å². The molecule has 0 fully saturated rings. The normalized spacial score (nSPS) is 15.0. The van der Waals surface area contributed by atoms with Gasteiger partial charge in [-0.25, -0.2) is 10.2 Å². The summed E-state index contributed by atoms with van der Waals surface area (Å²) in [4.78, 5) is 25.2. The summed E-state index contributed by atoms with van der Waals surface area (Å²) in [6, 6.07) is 3.28. The molecule has 0 atom stereocenters. The monoisotopic (exact) mass is 315 g/mol. The first-order valence-corrected chi connectivity index (χ1v) is 7.26. The second-order valence-corrected chi connectivity index (χ2v) is 5.64. The van der Waals surface area contributed by atoms with E-state index in [-0.39, 0.29) is 22.8 Å². The lowest BCUT2D eigenvalue weighted by molar-refractivity contribution is -0.118. The maximum Gasteiger partial charge on any atom is 0.341 e. The van der Waals surface area contributed by atoms with Crippen molar-refractivity contribution in [2.24, 2.45) is 5.10 Å². The van der Waals surface area contributed by atoms with Crippen LogP contribution in [0.4, 0.5) is 0 Å². The molecule has 7 nitrogen and oxygen atoms in total. The zero-order valence-electron chi connectivity index (χ0n) is 12.9. The van der Waals surface area contributed by atoms with Crippen molar-refractivity contribution in [2.45, 2.75) is 19.9 Å². The SMILES string of the molecule is CC(=O)N/N=C/c1c(O)ccc2c3c(c(=O)oc12)CN(C)CC3. The molecular formula is C16H17N3O4. The predicted molar refractivity (Wildman–Crippen MR) is 85.6 cm³/mol. The zero-order valence-corrected chi connectivity index (χ0v) is 12.9. The molecule has 23 heavy (non-hydrogen) atoms. The minimum absolute atomic E-state index is 0.0670. The number of hydrogen-bond donors (Lipinski definition) is 2. The number of benzene rings is 1. The van der Waals surface area contributed by atoms with Gasteiger partial charge in [0.25, 0.3) is 0 Å². The molecule has 1 amide bonds. The number of aromatic hydroxyl groups is 1. The van der Waals surface area contributed by atoms with Crippen molar-refractivity contribution in [3.05, 3.63) is 39.2 Å². The Labute approximate surface area is 132 Å². The van der Waals surface area contributed by atoms with Gasteiger partial charge < -0.3 is 14.4 Å². The molecule has 1 aliphatic rings. The van der Waals surface area contributed by atoms with Crippen molar-refractivity contribution >= 4 is 23.1 Å². The van der Waals surface area contributed by atoms with Crippen molar-refractivity contribution in [3.8, 4) is 5.75 Å². The number of amides is 1. The van der Waals surface area contributed by atoms with Crippen LogP contribution >= 0.6 is 0 Å². The van der Waals surface area contributed by atoms with Gasteiger partial charge in [-0.05, 0) is 31.2 Å². The lowest BCUT2D eigenvalue weighted by Crippen LogP contribution is -2.31. The Morgan fingerprint density at radius 1 is 1.43 bits per heavy atom. The number of nitrogens with zero attached hydrogens (tertiary/aromatic N) is 2. The Hall–Kier alpha value is -2.67. The second-order valence-electron chi connectivity index (χ2n) is 5.64. The van der Waals surface area contributed by atoms with E-state index in [1.165, 1.54) is 19.2 Å². The molecular weight excluding hydrogens is 298 g/mol. The third-order valence-corrected chi connectivity index (χ3v) is 3.89. The fourth-order valence-electron chi connectivity index (χ4n) is 2.79. The van der Waals surface area contributed by atoms with Crippen molar-refractivity contribution in [1.29, 1.82) is 0 Å². The van der Waals surface area contributed by atoms with Crippen LogP contribution in [0, 0.1) is 0 Å². The lowest BCUT2D eigenvalue weighted by atomic mass is 9.96. The van der Waals surface area contributed by atoms with Crippen LogP contribution in [0.5, 0.6) is 5.75 Å². The zero-order chi connectivity index (χ0) is 16.6. The third-order valence-electron chi connectivity index (χ3n) is 3.89. The number of hydrazone groups is 1. The first-order valence-electron chi connectivity index (χ1n) is 7.26. The molecule has 0 radical (unpaired) electrons. The fourth-order valence-corrected chi connectivity index (χ4v) is 2.79. The number of phenolic OH excluding ortho intramolecular Hbond substituents is 1. The standard InChI is InChI=1S/C16H17N3O4/c1-9(20)18-17-7-12-14(21)4-3-11-10-5-6-19(2)8-13(10)16(22)23-15(11)12/h3-4,7,21H,5-6,8H2,1-2H3,(H,18,20)/b17-7+. The molecule has 0 saturated carbocycles. The van der Waals surface area contributed by atoms with Gasteiger partial charge in [-0.2, -0.15) is 5.10 Å². The van der Waals surface area contributed by atoms with Gasteiger partial charge in [0.15, 0.2) is 5.58 Å². The molecule has 0 bridgehead atoms. The molecule has 2 N–H and O–H groups in total. The molecule has 0 spiro atoms. The summed E-state index contributed by atoms with van der Waals surface area (Å²) in [5, 5.41) is 14.6. The van der Waals surface area contributed by atoms with Crippen molar-refractivity contribution < 1.29 is 14.3 Å². The van der Waals surface area contributed by atoms with E-state index in [1.807, 2.05) is 7.05 Å². The van der Waals surface area contributed by atoms with Crippen LogP contribution in [0.25, 0.3) is 11.0 Å². The molecule has 0 saturated heterocycles. The van der Waals surface area contributed by atoms with Crippen LogP contribution in [0.3, 0.4) is 0 Å². The minimum atomic E-state index is -0.404. The molecule has 2 heterocycles. The number of carbonyl (C=O) groups excluding carboxylic acids is 1. The summed E-state index contributed by atoms with van der Waals surface area (Å²) < 4.78 is 5.43. The average Bonchev–Trinajstić information content (AvgIpc) is 2.50. The van der Waals surface area contributed by atoms with Crippen LogP contribution in [0.1, 0.15) is 23.6 Å². The molecule has 7 heteroatoms. The van der Waals surface area contributed by atoms with E-state index in [0.29, 0.717) is 12.1 Å². The number of hydrogen-bond acceptors (Lipinski definition) is 6. The van der Waals surface area contributed by atoms with Crippen molar-refractivity contribution in [3.63, 3.8) is 0 Å². The predicted octanol–water partition coefficient (Wildman–Crippen LogP) is 0.957. The Morgan fingerprint density at radius 3 is 2.96 bits per heavy atom. The maximum atomic E-state index is 12.3. The average molecular weight is 315 g/mol. The van der Waals surface area contributed by atoms with E-state index in [9.17, 15) is 14.7 Å². The maximum absolute atomic E-state index is 12.3. The van der Waals surface area contributed by atoms with Gasteiger partial charge in [0.05, 0.1) is 17.3 Å². The quantitative estimate of drug-likeness (QED) is 0.489. The van der Waals surface area contributed by atoms with Crippen LogP contribution in [0.2, 0.25) is 0 Å².